The van der Waals surface area contributed by atoms with Crippen LogP contribution in [0.5, 0.6) is 0 Å². The molecule has 2 rings (SSSR count). The molecule has 0 amide bonds. The first-order valence-electron chi connectivity index (χ1n) is 4.71. The van der Waals surface area contributed by atoms with Crippen molar-refractivity contribution in [2.45, 2.75) is 26.2 Å². The Morgan fingerprint density at radius 1 is 1.64 bits per heavy atom. The molecule has 4 nitrogen and oxygen atoms in total. The van der Waals surface area contributed by atoms with Gasteiger partial charge >= 0.3 is 5.97 Å². The Morgan fingerprint density at radius 2 is 2.43 bits per heavy atom. The third-order valence-corrected chi connectivity index (χ3v) is 2.62. The van der Waals surface area contributed by atoms with E-state index in [4.69, 9.17) is 5.11 Å². The van der Waals surface area contributed by atoms with Crippen LogP contribution in [0, 0.1) is 12.8 Å². The zero-order valence-electron chi connectivity index (χ0n) is 8.03. The van der Waals surface area contributed by atoms with Crippen LogP contribution in [0.15, 0.2) is 6.20 Å². The second kappa shape index (κ2) is 3.36. The number of aryl methyl sites for hydroxylation is 2. The summed E-state index contributed by atoms with van der Waals surface area (Å²) in [5, 5.41) is 8.88. The number of aliphatic carboxylic acids is 1. The highest BCUT2D eigenvalue weighted by molar-refractivity contribution is 5.70. The smallest absolute Gasteiger partial charge is 0.306 e. The Morgan fingerprint density at radius 3 is 3.14 bits per heavy atom. The van der Waals surface area contributed by atoms with Gasteiger partial charge in [-0.3, -0.25) is 4.79 Å². The van der Waals surface area contributed by atoms with Gasteiger partial charge in [0.05, 0.1) is 5.92 Å². The van der Waals surface area contributed by atoms with Crippen LogP contribution in [-0.2, 0) is 17.6 Å². The Labute approximate surface area is 82.0 Å². The van der Waals surface area contributed by atoms with Crippen LogP contribution in [0.2, 0.25) is 0 Å². The summed E-state index contributed by atoms with van der Waals surface area (Å²) < 4.78 is 0. The van der Waals surface area contributed by atoms with Gasteiger partial charge in [0.2, 0.25) is 0 Å². The molecule has 0 saturated heterocycles. The van der Waals surface area contributed by atoms with E-state index < -0.39 is 5.97 Å². The lowest BCUT2D eigenvalue weighted by Crippen LogP contribution is -2.23. The molecule has 1 atom stereocenters. The molecule has 0 fully saturated rings. The first-order valence-corrected chi connectivity index (χ1v) is 4.71. The van der Waals surface area contributed by atoms with Crippen molar-refractivity contribution in [3.05, 3.63) is 23.3 Å². The number of fused-ring (bicyclic) bond motifs is 1. The molecular formula is C10H12N2O2. The third-order valence-electron chi connectivity index (χ3n) is 2.62. The van der Waals surface area contributed by atoms with E-state index in [0.717, 1.165) is 23.5 Å². The fourth-order valence-corrected chi connectivity index (χ4v) is 1.82. The minimum Gasteiger partial charge on any atom is -0.481 e. The number of aromatic nitrogens is 2. The first-order chi connectivity index (χ1) is 6.66. The van der Waals surface area contributed by atoms with Crippen LogP contribution in [0.25, 0.3) is 0 Å². The molecule has 1 aliphatic carbocycles. The minimum atomic E-state index is -0.712. The summed E-state index contributed by atoms with van der Waals surface area (Å²) in [7, 11) is 0. The summed E-state index contributed by atoms with van der Waals surface area (Å²) in [5.74, 6) is -0.206. The van der Waals surface area contributed by atoms with Gasteiger partial charge in [-0.1, -0.05) is 0 Å². The molecule has 14 heavy (non-hydrogen) atoms. The molecule has 0 radical (unpaired) electrons. The van der Waals surface area contributed by atoms with Crippen molar-refractivity contribution in [3.63, 3.8) is 0 Å². The van der Waals surface area contributed by atoms with Crippen LogP contribution >= 0.6 is 0 Å². The van der Waals surface area contributed by atoms with Gasteiger partial charge in [0.25, 0.3) is 0 Å². The second-order valence-electron chi connectivity index (χ2n) is 3.67. The Balaban J connectivity index is 2.27. The SMILES string of the molecule is Cc1ncc2c(n1)CCC(C(=O)O)C2. The molecular weight excluding hydrogens is 180 g/mol. The molecule has 1 aliphatic rings. The minimum absolute atomic E-state index is 0.256. The van der Waals surface area contributed by atoms with Crippen LogP contribution < -0.4 is 0 Å². The van der Waals surface area contributed by atoms with Gasteiger partial charge < -0.3 is 5.11 Å². The van der Waals surface area contributed by atoms with Crippen molar-refractivity contribution >= 4 is 5.97 Å². The second-order valence-corrected chi connectivity index (χ2v) is 3.67. The van der Waals surface area contributed by atoms with Crippen LogP contribution in [0.4, 0.5) is 0 Å². The molecule has 1 N–H and O–H groups in total. The number of hydrogen-bond donors (Lipinski definition) is 1. The maximum atomic E-state index is 10.8. The zero-order valence-corrected chi connectivity index (χ0v) is 8.03. The number of carbonyl (C=O) groups is 1. The van der Waals surface area contributed by atoms with Crippen LogP contribution in [0.1, 0.15) is 23.5 Å². The summed E-state index contributed by atoms with van der Waals surface area (Å²) in [6.45, 7) is 1.85. The molecule has 0 saturated carbocycles. The van der Waals surface area contributed by atoms with E-state index in [-0.39, 0.29) is 5.92 Å². The molecule has 1 heterocycles. The maximum Gasteiger partial charge on any atom is 0.306 e. The summed E-state index contributed by atoms with van der Waals surface area (Å²) in [6.07, 6.45) is 3.78. The van der Waals surface area contributed by atoms with Crippen molar-refractivity contribution < 1.29 is 9.90 Å². The number of hydrogen-bond acceptors (Lipinski definition) is 3. The van der Waals surface area contributed by atoms with Crippen molar-refractivity contribution in [3.8, 4) is 0 Å². The van der Waals surface area contributed by atoms with Gasteiger partial charge in [0.1, 0.15) is 5.82 Å². The van der Waals surface area contributed by atoms with Gasteiger partial charge in [0.15, 0.2) is 0 Å². The molecule has 0 spiro atoms. The van der Waals surface area contributed by atoms with Crippen molar-refractivity contribution in [1.82, 2.24) is 9.97 Å². The van der Waals surface area contributed by atoms with Gasteiger partial charge in [-0.2, -0.15) is 0 Å². The molecule has 1 unspecified atom stereocenters. The predicted molar refractivity (Wildman–Crippen MR) is 49.9 cm³/mol. The summed E-state index contributed by atoms with van der Waals surface area (Å²) >= 11 is 0. The largest absolute Gasteiger partial charge is 0.481 e. The highest BCUT2D eigenvalue weighted by atomic mass is 16.4. The molecule has 0 aromatic carbocycles. The van der Waals surface area contributed by atoms with E-state index in [9.17, 15) is 4.79 Å². The zero-order chi connectivity index (χ0) is 10.1. The van der Waals surface area contributed by atoms with E-state index in [2.05, 4.69) is 9.97 Å². The number of carboxylic acids is 1. The fraction of sp³-hybridized carbons (Fsp3) is 0.500. The maximum absolute atomic E-state index is 10.8. The summed E-state index contributed by atoms with van der Waals surface area (Å²) in [5.41, 5.74) is 2.02. The van der Waals surface area contributed by atoms with Gasteiger partial charge in [-0.15, -0.1) is 0 Å². The molecule has 74 valence electrons. The Kier molecular flexibility index (Phi) is 2.19. The lowest BCUT2D eigenvalue weighted by Gasteiger charge is -2.20. The Hall–Kier alpha value is -1.45. The highest BCUT2D eigenvalue weighted by Crippen LogP contribution is 2.23. The van der Waals surface area contributed by atoms with Gasteiger partial charge in [-0.05, 0) is 31.7 Å². The van der Waals surface area contributed by atoms with Gasteiger partial charge in [0, 0.05) is 11.9 Å². The van der Waals surface area contributed by atoms with Crippen molar-refractivity contribution in [1.29, 1.82) is 0 Å². The molecule has 1 aromatic rings. The Bertz CT molecular complexity index is 376. The van der Waals surface area contributed by atoms with Crippen molar-refractivity contribution in [2.24, 2.45) is 5.92 Å². The molecule has 0 aliphatic heterocycles. The number of rotatable bonds is 1. The number of nitrogens with zero attached hydrogens (tertiary/aromatic N) is 2. The first kappa shape index (κ1) is 9.12. The normalized spacial score (nSPS) is 20.2. The molecule has 1 aromatic heterocycles. The molecule has 0 bridgehead atoms. The third kappa shape index (κ3) is 1.60. The monoisotopic (exact) mass is 192 g/mol. The average Bonchev–Trinajstić information content (AvgIpc) is 2.16. The topological polar surface area (TPSA) is 63.1 Å². The summed E-state index contributed by atoms with van der Waals surface area (Å²) in [4.78, 5) is 19.2. The predicted octanol–water partition coefficient (Wildman–Crippen LogP) is 0.975. The van der Waals surface area contributed by atoms with Crippen molar-refractivity contribution in [2.75, 3.05) is 0 Å². The quantitative estimate of drug-likeness (QED) is 0.720. The van der Waals surface area contributed by atoms with E-state index >= 15 is 0 Å². The van der Waals surface area contributed by atoms with Gasteiger partial charge in [-0.25, -0.2) is 9.97 Å². The van der Waals surface area contributed by atoms with E-state index in [0.29, 0.717) is 12.8 Å². The summed E-state index contributed by atoms with van der Waals surface area (Å²) in [6, 6.07) is 0. The van der Waals surface area contributed by atoms with Crippen LogP contribution in [-0.4, -0.2) is 21.0 Å². The van der Waals surface area contributed by atoms with E-state index in [1.165, 1.54) is 0 Å². The lowest BCUT2D eigenvalue weighted by molar-refractivity contribution is -0.142. The van der Waals surface area contributed by atoms with Crippen LogP contribution in [0.3, 0.4) is 0 Å². The lowest BCUT2D eigenvalue weighted by atomic mass is 9.87. The van der Waals surface area contributed by atoms with E-state index in [1.807, 2.05) is 6.92 Å². The average molecular weight is 192 g/mol. The fourth-order valence-electron chi connectivity index (χ4n) is 1.82. The highest BCUT2D eigenvalue weighted by Gasteiger charge is 2.25. The standard InChI is InChI=1S/C10H12N2O2/c1-6-11-5-8-4-7(10(13)14)2-3-9(8)12-6/h5,7H,2-4H2,1H3,(H,13,14). The molecule has 4 heteroatoms. The number of carboxylic acid groups (broad SMARTS) is 1. The van der Waals surface area contributed by atoms with E-state index in [1.54, 1.807) is 6.20 Å².